The average Bonchev–Trinajstić information content (AvgIpc) is 2.82. The second-order valence-electron chi connectivity index (χ2n) is 4.92. The zero-order chi connectivity index (χ0) is 19.3. The summed E-state index contributed by atoms with van der Waals surface area (Å²) in [5, 5.41) is 8.35. The van der Waals surface area contributed by atoms with Crippen LogP contribution in [0.5, 0.6) is 11.5 Å². The first-order valence-corrected chi connectivity index (χ1v) is 8.98. The summed E-state index contributed by atoms with van der Waals surface area (Å²) in [6, 6.07) is 3.23. The first kappa shape index (κ1) is 19.9. The maximum atomic E-state index is 12.2. The minimum absolute atomic E-state index is 0.0855. The molecule has 1 aliphatic rings. The molecule has 1 aromatic carbocycles. The summed E-state index contributed by atoms with van der Waals surface area (Å²) in [5.41, 5.74) is 0.578. The van der Waals surface area contributed by atoms with E-state index < -0.39 is 23.7 Å². The first-order valence-electron chi connectivity index (χ1n) is 7.37. The van der Waals surface area contributed by atoms with Crippen LogP contribution in [0.2, 0.25) is 0 Å². The Balaban J connectivity index is 2.36. The van der Waals surface area contributed by atoms with Gasteiger partial charge in [0.05, 0.1) is 22.5 Å². The van der Waals surface area contributed by atoms with Gasteiger partial charge in [-0.15, -0.1) is 6.42 Å². The van der Waals surface area contributed by atoms with Gasteiger partial charge in [-0.05, 0) is 58.4 Å². The Hall–Kier alpha value is -2.44. The van der Waals surface area contributed by atoms with Gasteiger partial charge in [0.15, 0.2) is 18.1 Å². The monoisotopic (exact) mass is 439 g/mol. The summed E-state index contributed by atoms with van der Waals surface area (Å²) in [6.07, 6.45) is 6.70. The summed E-state index contributed by atoms with van der Waals surface area (Å²) in [6.45, 7) is 1.49. The van der Waals surface area contributed by atoms with Gasteiger partial charge < -0.3 is 14.6 Å². The molecule has 0 aliphatic carbocycles. The van der Waals surface area contributed by atoms with Crippen molar-refractivity contribution in [2.24, 2.45) is 0 Å². The fourth-order valence-corrected chi connectivity index (χ4v) is 3.50. The van der Waals surface area contributed by atoms with E-state index in [1.54, 1.807) is 19.1 Å². The van der Waals surface area contributed by atoms with Crippen LogP contribution >= 0.6 is 27.7 Å². The summed E-state index contributed by atoms with van der Waals surface area (Å²) >= 11 is 4.11. The van der Waals surface area contributed by atoms with Gasteiger partial charge in [-0.1, -0.05) is 5.92 Å². The van der Waals surface area contributed by atoms with Crippen molar-refractivity contribution in [2.45, 2.75) is 6.92 Å². The summed E-state index contributed by atoms with van der Waals surface area (Å²) in [5.74, 6) is 1.25. The highest BCUT2D eigenvalue weighted by Gasteiger charge is 2.34. The van der Waals surface area contributed by atoms with Crippen molar-refractivity contribution >= 4 is 50.9 Å². The van der Waals surface area contributed by atoms with Crippen molar-refractivity contribution < 1.29 is 29.0 Å². The quantitative estimate of drug-likeness (QED) is 0.515. The highest BCUT2D eigenvalue weighted by atomic mass is 79.9. The Morgan fingerprint density at radius 1 is 1.42 bits per heavy atom. The Labute approximate surface area is 162 Å². The lowest BCUT2D eigenvalue weighted by Crippen LogP contribution is -2.28. The molecule has 0 saturated carbocycles. The number of carbonyl (C=O) groups excluding carboxylic acids is 2. The fourth-order valence-electron chi connectivity index (χ4n) is 2.09. The molecule has 0 unspecified atom stereocenters. The number of ether oxygens (including phenoxy) is 2. The minimum atomic E-state index is -1.12. The third-order valence-electron chi connectivity index (χ3n) is 3.09. The highest BCUT2D eigenvalue weighted by Crippen LogP contribution is 2.39. The van der Waals surface area contributed by atoms with Crippen LogP contribution in [-0.4, -0.2) is 46.9 Å². The van der Waals surface area contributed by atoms with Crippen LogP contribution < -0.4 is 9.47 Å². The van der Waals surface area contributed by atoms with Gasteiger partial charge in [-0.25, -0.2) is 4.79 Å². The van der Waals surface area contributed by atoms with E-state index in [0.717, 1.165) is 16.7 Å². The molecule has 0 bridgehead atoms. The number of aliphatic carboxylic acids is 1. The van der Waals surface area contributed by atoms with E-state index in [0.29, 0.717) is 22.4 Å². The number of amides is 2. The number of hydrogen-bond donors (Lipinski definition) is 1. The first-order chi connectivity index (χ1) is 12.4. The molecule has 2 amide bonds. The van der Waals surface area contributed by atoms with E-state index in [1.807, 2.05) is 0 Å². The predicted molar refractivity (Wildman–Crippen MR) is 100.0 cm³/mol. The van der Waals surface area contributed by atoms with Crippen LogP contribution in [0, 0.1) is 12.3 Å². The number of nitrogens with zero attached hydrogens (tertiary/aromatic N) is 1. The Morgan fingerprint density at radius 3 is 2.77 bits per heavy atom. The number of thioether (sulfide) groups is 1. The van der Waals surface area contributed by atoms with E-state index in [-0.39, 0.29) is 17.2 Å². The molecule has 1 fully saturated rings. The normalized spacial score (nSPS) is 15.3. The van der Waals surface area contributed by atoms with Gasteiger partial charge in [-0.3, -0.25) is 14.5 Å². The number of carbonyl (C=O) groups is 3. The minimum Gasteiger partial charge on any atom is -0.490 e. The lowest BCUT2D eigenvalue weighted by molar-refractivity contribution is -0.139. The number of halogens is 1. The smallest absolute Gasteiger partial charge is 0.341 e. The van der Waals surface area contributed by atoms with E-state index in [4.69, 9.17) is 21.0 Å². The molecular formula is C17H14BrNO6S. The van der Waals surface area contributed by atoms with E-state index in [2.05, 4.69) is 21.9 Å². The molecular weight excluding hydrogens is 426 g/mol. The number of benzene rings is 1. The van der Waals surface area contributed by atoms with Crippen LogP contribution in [0.3, 0.4) is 0 Å². The van der Waals surface area contributed by atoms with Gasteiger partial charge >= 0.3 is 5.97 Å². The van der Waals surface area contributed by atoms with Crippen LogP contribution in [0.4, 0.5) is 4.79 Å². The lowest BCUT2D eigenvalue weighted by Gasteiger charge is -2.13. The Morgan fingerprint density at radius 2 is 2.15 bits per heavy atom. The number of rotatable bonds is 7. The number of carboxylic acid groups (broad SMARTS) is 1. The van der Waals surface area contributed by atoms with Crippen LogP contribution in [-0.2, 0) is 9.59 Å². The maximum Gasteiger partial charge on any atom is 0.341 e. The molecule has 136 valence electrons. The molecule has 1 aromatic rings. The van der Waals surface area contributed by atoms with Gasteiger partial charge in [0.2, 0.25) is 0 Å². The second-order valence-corrected chi connectivity index (χ2v) is 6.76. The van der Waals surface area contributed by atoms with Crippen molar-refractivity contribution in [3.63, 3.8) is 0 Å². The van der Waals surface area contributed by atoms with Crippen molar-refractivity contribution in [3.8, 4) is 23.8 Å². The molecule has 0 atom stereocenters. The molecule has 1 heterocycles. The predicted octanol–water partition coefficient (Wildman–Crippen LogP) is 2.98. The van der Waals surface area contributed by atoms with Crippen LogP contribution in [0.25, 0.3) is 6.08 Å². The topological polar surface area (TPSA) is 93.1 Å². The average molecular weight is 440 g/mol. The fraction of sp³-hybridized carbons (Fsp3) is 0.235. The van der Waals surface area contributed by atoms with Gasteiger partial charge in [0, 0.05) is 0 Å². The molecule has 0 radical (unpaired) electrons. The molecule has 1 aliphatic heterocycles. The van der Waals surface area contributed by atoms with Gasteiger partial charge in [0.25, 0.3) is 11.1 Å². The summed E-state index contributed by atoms with van der Waals surface area (Å²) < 4.78 is 11.2. The van der Waals surface area contributed by atoms with E-state index in [9.17, 15) is 14.4 Å². The van der Waals surface area contributed by atoms with Crippen molar-refractivity contribution in [3.05, 3.63) is 27.1 Å². The second kappa shape index (κ2) is 8.78. The molecule has 7 nitrogen and oxygen atoms in total. The maximum absolute atomic E-state index is 12.2. The molecule has 0 aromatic heterocycles. The van der Waals surface area contributed by atoms with Gasteiger partial charge in [0.1, 0.15) is 0 Å². The number of hydrogen-bond acceptors (Lipinski definition) is 6. The molecule has 9 heteroatoms. The molecule has 1 saturated heterocycles. The van der Waals surface area contributed by atoms with Gasteiger partial charge in [-0.2, -0.15) is 0 Å². The summed E-state index contributed by atoms with van der Waals surface area (Å²) in [4.78, 5) is 36.0. The third kappa shape index (κ3) is 4.59. The number of carboxylic acids is 1. The van der Waals surface area contributed by atoms with Crippen LogP contribution in [0.1, 0.15) is 12.5 Å². The van der Waals surface area contributed by atoms with Crippen molar-refractivity contribution in [1.29, 1.82) is 0 Å². The van der Waals surface area contributed by atoms with Crippen molar-refractivity contribution in [1.82, 2.24) is 4.90 Å². The Kier molecular flexibility index (Phi) is 6.71. The van der Waals surface area contributed by atoms with E-state index in [1.165, 1.54) is 6.08 Å². The SMILES string of the molecule is C#CCN1C(=O)S/C(=C\c2cc(Br)c(OCC(=O)O)c(OCC)c2)C1=O. The van der Waals surface area contributed by atoms with E-state index >= 15 is 0 Å². The summed E-state index contributed by atoms with van der Waals surface area (Å²) in [7, 11) is 0. The molecule has 1 N–H and O–H groups in total. The third-order valence-corrected chi connectivity index (χ3v) is 4.59. The molecule has 0 spiro atoms. The Bertz CT molecular complexity index is 829. The van der Waals surface area contributed by atoms with Crippen LogP contribution in [0.15, 0.2) is 21.5 Å². The number of imide groups is 1. The standard InChI is InChI=1S/C17H14BrNO6S/c1-3-5-19-16(22)13(26-17(19)23)8-10-6-11(18)15(25-9-14(20)21)12(7-10)24-4-2/h1,6-8H,4-5,9H2,2H3,(H,20,21)/b13-8-. The zero-order valence-corrected chi connectivity index (χ0v) is 16.1. The zero-order valence-electron chi connectivity index (χ0n) is 13.7. The largest absolute Gasteiger partial charge is 0.490 e. The molecule has 2 rings (SSSR count). The molecule has 26 heavy (non-hydrogen) atoms. The van der Waals surface area contributed by atoms with Crippen molar-refractivity contribution in [2.75, 3.05) is 19.8 Å². The lowest BCUT2D eigenvalue weighted by atomic mass is 10.2. The number of terminal acetylenes is 1. The highest BCUT2D eigenvalue weighted by molar-refractivity contribution is 9.10.